The monoisotopic (exact) mass is 358 g/mol. The summed E-state index contributed by atoms with van der Waals surface area (Å²) in [4.78, 5) is 14.0. The zero-order valence-corrected chi connectivity index (χ0v) is 14.5. The average Bonchev–Trinajstić information content (AvgIpc) is 2.58. The molecule has 0 saturated heterocycles. The van der Waals surface area contributed by atoms with E-state index in [1.165, 1.54) is 12.1 Å². The first-order chi connectivity index (χ1) is 12.0. The fourth-order valence-electron chi connectivity index (χ4n) is 1.89. The van der Waals surface area contributed by atoms with Crippen LogP contribution in [0.1, 0.15) is 25.0 Å². The van der Waals surface area contributed by atoms with Crippen molar-refractivity contribution in [3.8, 4) is 5.75 Å². The molecule has 0 radical (unpaired) electrons. The first-order valence-corrected chi connectivity index (χ1v) is 8.98. The SMILES string of the molecule is [3H]OCCCOc1ccc([N+](=O)[O-])c(C(C)OP(C)OCC[N+]#[C-])c1. The van der Waals surface area contributed by atoms with Crippen molar-refractivity contribution in [3.63, 3.8) is 0 Å². The average molecular weight is 358 g/mol. The van der Waals surface area contributed by atoms with Crippen LogP contribution < -0.4 is 4.74 Å². The molecule has 1 rings (SSSR count). The van der Waals surface area contributed by atoms with Gasteiger partial charge >= 0.3 is 0 Å². The quantitative estimate of drug-likeness (QED) is 0.202. The topological polar surface area (TPSA) is 95.4 Å². The molecular weight excluding hydrogens is 335 g/mol. The second kappa shape index (κ2) is 10.9. The van der Waals surface area contributed by atoms with Crippen molar-refractivity contribution in [2.45, 2.75) is 19.4 Å². The normalized spacial score (nSPS) is 13.6. The first-order valence-electron chi connectivity index (χ1n) is 7.76. The molecule has 1 aromatic carbocycles. The van der Waals surface area contributed by atoms with E-state index >= 15 is 0 Å². The highest BCUT2D eigenvalue weighted by molar-refractivity contribution is 7.46. The number of ether oxygens (including phenoxy) is 1. The number of benzene rings is 1. The van der Waals surface area contributed by atoms with Crippen LogP contribution in [0, 0.1) is 16.7 Å². The molecule has 0 spiro atoms. The maximum atomic E-state index is 11.2. The second-order valence-corrected chi connectivity index (χ2v) is 6.13. The molecular formula is C15H21N2O6P. The molecule has 0 aliphatic rings. The number of aliphatic hydroxyl groups is 1. The smallest absolute Gasteiger partial charge is 0.275 e. The molecule has 0 bridgehead atoms. The van der Waals surface area contributed by atoms with Crippen molar-refractivity contribution in [3.05, 3.63) is 45.3 Å². The largest absolute Gasteiger partial charge is 0.493 e. The number of nitro benzene ring substituents is 1. The summed E-state index contributed by atoms with van der Waals surface area (Å²) >= 11 is 0. The lowest BCUT2D eigenvalue weighted by Crippen LogP contribution is -2.05. The van der Waals surface area contributed by atoms with Gasteiger partial charge in [0.2, 0.25) is 7.98 Å². The Balaban J connectivity index is 2.78. The summed E-state index contributed by atoms with van der Waals surface area (Å²) < 4.78 is 23.2. The molecule has 24 heavy (non-hydrogen) atoms. The lowest BCUT2D eigenvalue weighted by atomic mass is 10.1. The maximum Gasteiger partial charge on any atom is 0.275 e. The predicted octanol–water partition coefficient (Wildman–Crippen LogP) is 3.31. The van der Waals surface area contributed by atoms with Crippen molar-refractivity contribution in [2.24, 2.45) is 0 Å². The van der Waals surface area contributed by atoms with Gasteiger partial charge in [-0.15, -0.1) is 0 Å². The van der Waals surface area contributed by atoms with Crippen molar-refractivity contribution < 1.29 is 23.8 Å². The van der Waals surface area contributed by atoms with Gasteiger partial charge in [-0.1, -0.05) is 0 Å². The minimum absolute atomic E-state index is 0.0566. The molecule has 132 valence electrons. The Kier molecular flexibility index (Phi) is 8.42. The molecule has 1 aromatic rings. The van der Waals surface area contributed by atoms with E-state index in [9.17, 15) is 10.1 Å². The number of aliphatic hydroxyl groups excluding tert-OH is 1. The summed E-state index contributed by atoms with van der Waals surface area (Å²) in [7, 11) is -1.26. The van der Waals surface area contributed by atoms with Gasteiger partial charge in [-0.3, -0.25) is 10.1 Å². The molecule has 0 heterocycles. The molecule has 0 aromatic heterocycles. The number of rotatable bonds is 12. The van der Waals surface area contributed by atoms with Crippen LogP contribution in [0.15, 0.2) is 18.2 Å². The number of nitrogens with zero attached hydrogens (tertiary/aromatic N) is 2. The van der Waals surface area contributed by atoms with Crippen LogP contribution in [0.5, 0.6) is 5.75 Å². The van der Waals surface area contributed by atoms with Crippen molar-refractivity contribution in [1.82, 2.24) is 0 Å². The van der Waals surface area contributed by atoms with Gasteiger partial charge in [-0.2, -0.15) is 0 Å². The molecule has 9 heteroatoms. The maximum absolute atomic E-state index is 11.2. The van der Waals surface area contributed by atoms with Crippen LogP contribution >= 0.6 is 8.38 Å². The number of hydrogen-bond acceptors (Lipinski definition) is 6. The highest BCUT2D eigenvalue weighted by atomic mass is 31.2. The third-order valence-electron chi connectivity index (χ3n) is 2.97. The zero-order chi connectivity index (χ0) is 18.7. The van der Waals surface area contributed by atoms with Gasteiger partial charge in [0.05, 0.1) is 23.2 Å². The molecule has 8 nitrogen and oxygen atoms in total. The van der Waals surface area contributed by atoms with E-state index in [0.717, 1.165) is 0 Å². The van der Waals surface area contributed by atoms with E-state index in [1.807, 2.05) is 0 Å². The highest BCUT2D eigenvalue weighted by Crippen LogP contribution is 2.42. The molecule has 0 aliphatic carbocycles. The van der Waals surface area contributed by atoms with Gasteiger partial charge in [0.15, 0.2) is 8.38 Å². The second-order valence-electron chi connectivity index (χ2n) is 4.79. The Morgan fingerprint density at radius 3 is 3.00 bits per heavy atom. The summed E-state index contributed by atoms with van der Waals surface area (Å²) in [5.41, 5.74) is 0.335. The zero-order valence-electron chi connectivity index (χ0n) is 14.6. The third kappa shape index (κ3) is 6.77. The lowest BCUT2D eigenvalue weighted by Gasteiger charge is -2.19. The minimum atomic E-state index is -1.26. The van der Waals surface area contributed by atoms with Crippen molar-refractivity contribution in [1.29, 1.82) is 1.43 Å². The van der Waals surface area contributed by atoms with Crippen LogP contribution in [0.25, 0.3) is 4.85 Å². The standard InChI is InChI=1S/C15H21N2O6P/c1-12(23-24(3)22-10-7-16-2)14-11-13(21-9-4-8-18)5-6-15(14)17(19)20/h5-6,11-12,18H,4,7-10H2,1,3H3/i18T. The first kappa shape index (κ1) is 18.6. The van der Waals surface area contributed by atoms with Crippen LogP contribution in [-0.4, -0.2) is 44.5 Å². The van der Waals surface area contributed by atoms with Gasteiger partial charge in [0.25, 0.3) is 5.69 Å². The molecule has 0 fully saturated rings. The van der Waals surface area contributed by atoms with Crippen LogP contribution in [0.4, 0.5) is 5.69 Å². The van der Waals surface area contributed by atoms with Gasteiger partial charge in [-0.05, 0) is 19.1 Å². The van der Waals surface area contributed by atoms with E-state index in [1.54, 1.807) is 19.7 Å². The number of nitro groups is 1. The van der Waals surface area contributed by atoms with Gasteiger partial charge in [0.1, 0.15) is 12.4 Å². The molecule has 0 saturated carbocycles. The van der Waals surface area contributed by atoms with E-state index in [0.29, 0.717) is 24.3 Å². The van der Waals surface area contributed by atoms with Crippen LogP contribution in [0.2, 0.25) is 0 Å². The molecule has 2 atom stereocenters. The third-order valence-corrected chi connectivity index (χ3v) is 4.13. The summed E-state index contributed by atoms with van der Waals surface area (Å²) in [5, 5.41) is 15.5. The minimum Gasteiger partial charge on any atom is -0.493 e. The summed E-state index contributed by atoms with van der Waals surface area (Å²) in [5.74, 6) is 0.482. The van der Waals surface area contributed by atoms with E-state index < -0.39 is 19.4 Å². The molecule has 0 amide bonds. The summed E-state index contributed by atoms with van der Waals surface area (Å²) in [6, 6.07) is 4.48. The Labute approximate surface area is 143 Å². The van der Waals surface area contributed by atoms with Gasteiger partial charge < -0.3 is 23.7 Å². The molecule has 2 unspecified atom stereocenters. The Morgan fingerprint density at radius 1 is 1.54 bits per heavy atom. The number of hydrogen-bond donors (Lipinski definition) is 1. The molecule has 0 aliphatic heterocycles. The predicted molar refractivity (Wildman–Crippen MR) is 90.1 cm³/mol. The Hall–Kier alpha value is -1.78. The summed E-state index contributed by atoms with van der Waals surface area (Å²) in [6.07, 6.45) is -0.0265. The fraction of sp³-hybridized carbons (Fsp3) is 0.533. The Morgan fingerprint density at radius 2 is 2.33 bits per heavy atom. The van der Waals surface area contributed by atoms with Crippen molar-refractivity contribution >= 4 is 14.1 Å². The van der Waals surface area contributed by atoms with Crippen molar-refractivity contribution in [2.75, 3.05) is 33.0 Å². The Bertz CT molecular complexity index is 598. The fourth-order valence-corrected chi connectivity index (χ4v) is 2.85. The van der Waals surface area contributed by atoms with Gasteiger partial charge in [-0.25, -0.2) is 6.57 Å². The summed E-state index contributed by atoms with van der Waals surface area (Å²) in [6.45, 7) is 11.3. The van der Waals surface area contributed by atoms with Gasteiger partial charge in [0, 0.05) is 25.8 Å². The van der Waals surface area contributed by atoms with E-state index in [2.05, 4.69) is 9.95 Å². The van der Waals surface area contributed by atoms with Crippen LogP contribution in [-0.2, 0) is 9.05 Å². The lowest BCUT2D eigenvalue weighted by molar-refractivity contribution is -0.386. The van der Waals surface area contributed by atoms with Crippen LogP contribution in [0.3, 0.4) is 0 Å². The van der Waals surface area contributed by atoms with E-state index in [4.69, 9.17) is 21.8 Å². The molecule has 1 N–H and O–H groups in total. The van der Waals surface area contributed by atoms with E-state index in [-0.39, 0.29) is 25.4 Å². The highest BCUT2D eigenvalue weighted by Gasteiger charge is 2.22.